The van der Waals surface area contributed by atoms with Crippen LogP contribution in [0.15, 0.2) is 23.5 Å². The van der Waals surface area contributed by atoms with Crippen molar-refractivity contribution in [3.63, 3.8) is 0 Å². The first-order chi connectivity index (χ1) is 6.45. The molecule has 0 unspecified atom stereocenters. The third-order valence-electron chi connectivity index (χ3n) is 1.38. The lowest BCUT2D eigenvalue weighted by molar-refractivity contribution is -0.141. The molecule has 0 aliphatic carbocycles. The molecule has 0 saturated heterocycles. The third-order valence-corrected chi connectivity index (χ3v) is 1.38. The fraction of sp³-hybridized carbons (Fsp3) is 0.143. The van der Waals surface area contributed by atoms with E-state index < -0.39 is 17.8 Å². The lowest BCUT2D eigenvalue weighted by Gasteiger charge is -2.04. The zero-order valence-corrected chi connectivity index (χ0v) is 6.58. The van der Waals surface area contributed by atoms with Crippen LogP contribution in [0.5, 0.6) is 0 Å². The van der Waals surface area contributed by atoms with Crippen molar-refractivity contribution in [2.24, 2.45) is 5.18 Å². The molecular formula is C7H3F3N2O2. The van der Waals surface area contributed by atoms with Gasteiger partial charge in [-0.3, -0.25) is 9.78 Å². The maximum absolute atomic E-state index is 12.0. The Morgan fingerprint density at radius 3 is 2.36 bits per heavy atom. The number of aromatic nitrogens is 1. The van der Waals surface area contributed by atoms with Gasteiger partial charge < -0.3 is 0 Å². The summed E-state index contributed by atoms with van der Waals surface area (Å²) >= 11 is 0. The molecule has 1 aromatic rings. The van der Waals surface area contributed by atoms with E-state index >= 15 is 0 Å². The molecule has 1 heterocycles. The van der Waals surface area contributed by atoms with Gasteiger partial charge in [0.05, 0.1) is 5.56 Å². The third kappa shape index (κ3) is 2.12. The molecule has 0 fully saturated rings. The van der Waals surface area contributed by atoms with Crippen LogP contribution in [-0.2, 0) is 6.18 Å². The van der Waals surface area contributed by atoms with E-state index in [9.17, 15) is 22.9 Å². The SMILES string of the molecule is O=NC(=O)c1ccc(C(F)(F)F)nc1. The number of nitrogens with zero attached hydrogens (tertiary/aromatic N) is 2. The summed E-state index contributed by atoms with van der Waals surface area (Å²) in [5.74, 6) is -1.15. The number of carbonyl (C=O) groups is 1. The van der Waals surface area contributed by atoms with Crippen LogP contribution in [0.3, 0.4) is 0 Å². The van der Waals surface area contributed by atoms with Crippen molar-refractivity contribution in [2.75, 3.05) is 0 Å². The van der Waals surface area contributed by atoms with Gasteiger partial charge in [0.2, 0.25) is 0 Å². The summed E-state index contributed by atoms with van der Waals surface area (Å²) in [6.45, 7) is 0. The summed E-state index contributed by atoms with van der Waals surface area (Å²) in [4.78, 5) is 23.3. The number of alkyl halides is 3. The quantitative estimate of drug-likeness (QED) is 0.657. The number of hydrogen-bond donors (Lipinski definition) is 0. The van der Waals surface area contributed by atoms with Gasteiger partial charge in [-0.25, -0.2) is 0 Å². The molecule has 0 spiro atoms. The summed E-state index contributed by atoms with van der Waals surface area (Å²) in [6, 6.07) is 1.46. The Labute approximate surface area is 75.7 Å². The van der Waals surface area contributed by atoms with Crippen LogP contribution >= 0.6 is 0 Å². The Morgan fingerprint density at radius 1 is 1.36 bits per heavy atom. The van der Waals surface area contributed by atoms with Crippen LogP contribution in [0, 0.1) is 4.91 Å². The average Bonchev–Trinajstić information content (AvgIpc) is 2.15. The van der Waals surface area contributed by atoms with E-state index in [0.29, 0.717) is 12.3 Å². The number of carbonyl (C=O) groups excluding carboxylic acids is 1. The van der Waals surface area contributed by atoms with E-state index in [4.69, 9.17) is 0 Å². The van der Waals surface area contributed by atoms with Gasteiger partial charge in [0, 0.05) is 11.4 Å². The zero-order chi connectivity index (χ0) is 10.8. The van der Waals surface area contributed by atoms with Crippen molar-refractivity contribution >= 4 is 5.91 Å². The minimum atomic E-state index is -4.56. The molecule has 7 heteroatoms. The van der Waals surface area contributed by atoms with Crippen molar-refractivity contribution in [3.05, 3.63) is 34.5 Å². The van der Waals surface area contributed by atoms with Crippen molar-refractivity contribution in [3.8, 4) is 0 Å². The largest absolute Gasteiger partial charge is 0.433 e. The first-order valence-corrected chi connectivity index (χ1v) is 3.36. The molecule has 0 saturated carbocycles. The molecule has 0 aliphatic rings. The average molecular weight is 204 g/mol. The van der Waals surface area contributed by atoms with Gasteiger partial charge >= 0.3 is 12.1 Å². The van der Waals surface area contributed by atoms with E-state index in [1.807, 2.05) is 5.18 Å². The van der Waals surface area contributed by atoms with E-state index in [1.54, 1.807) is 0 Å². The van der Waals surface area contributed by atoms with Crippen molar-refractivity contribution in [1.82, 2.24) is 4.98 Å². The molecule has 14 heavy (non-hydrogen) atoms. The predicted octanol–water partition coefficient (Wildman–Crippen LogP) is 2.01. The highest BCUT2D eigenvalue weighted by molar-refractivity contribution is 5.94. The van der Waals surface area contributed by atoms with Crippen LogP contribution in [-0.4, -0.2) is 10.9 Å². The Kier molecular flexibility index (Phi) is 2.59. The lowest BCUT2D eigenvalue weighted by atomic mass is 10.2. The van der Waals surface area contributed by atoms with Crippen LogP contribution in [0.25, 0.3) is 0 Å². The minimum absolute atomic E-state index is 0.270. The van der Waals surface area contributed by atoms with Crippen molar-refractivity contribution in [1.29, 1.82) is 0 Å². The second-order valence-corrected chi connectivity index (χ2v) is 2.33. The summed E-state index contributed by atoms with van der Waals surface area (Å²) in [6.07, 6.45) is -3.90. The Hall–Kier alpha value is -1.79. The number of rotatable bonds is 1. The summed E-state index contributed by atoms with van der Waals surface area (Å²) < 4.78 is 35.9. The Bertz CT molecular complexity index is 358. The van der Waals surface area contributed by atoms with E-state index in [1.165, 1.54) is 0 Å². The molecule has 0 atom stereocenters. The van der Waals surface area contributed by atoms with Crippen LogP contribution in [0.2, 0.25) is 0 Å². The van der Waals surface area contributed by atoms with E-state index in [0.717, 1.165) is 6.07 Å². The van der Waals surface area contributed by atoms with Gasteiger partial charge in [-0.15, -0.1) is 4.91 Å². The first-order valence-electron chi connectivity index (χ1n) is 3.36. The van der Waals surface area contributed by atoms with Gasteiger partial charge in [-0.05, 0) is 12.1 Å². The minimum Gasteiger partial charge on any atom is -0.263 e. The second kappa shape index (κ2) is 3.52. The summed E-state index contributed by atoms with van der Waals surface area (Å²) in [5, 5.41) is 2.04. The molecule has 4 nitrogen and oxygen atoms in total. The maximum atomic E-state index is 12.0. The molecule has 0 N–H and O–H groups in total. The number of amides is 1. The van der Waals surface area contributed by atoms with Crippen LogP contribution in [0.4, 0.5) is 13.2 Å². The molecule has 1 aromatic heterocycles. The fourth-order valence-electron chi connectivity index (χ4n) is 0.741. The normalized spacial score (nSPS) is 11.1. The first kappa shape index (κ1) is 10.3. The topological polar surface area (TPSA) is 59.4 Å². The van der Waals surface area contributed by atoms with Gasteiger partial charge in [0.1, 0.15) is 5.69 Å². The molecule has 0 aliphatic heterocycles. The standard InChI is InChI=1S/C7H3F3N2O2/c8-7(9,10)5-2-1-4(3-11-5)6(13)12-14/h1-3H. The molecule has 0 radical (unpaired) electrons. The second-order valence-electron chi connectivity index (χ2n) is 2.33. The van der Waals surface area contributed by atoms with Gasteiger partial charge in [-0.2, -0.15) is 13.2 Å². The van der Waals surface area contributed by atoms with Crippen molar-refractivity contribution < 1.29 is 18.0 Å². The Balaban J connectivity index is 3.00. The van der Waals surface area contributed by atoms with Gasteiger partial charge in [0.25, 0.3) is 0 Å². The number of halogens is 3. The monoisotopic (exact) mass is 204 g/mol. The number of pyridine rings is 1. The smallest absolute Gasteiger partial charge is 0.263 e. The van der Waals surface area contributed by atoms with Gasteiger partial charge in [-0.1, -0.05) is 0 Å². The van der Waals surface area contributed by atoms with Crippen LogP contribution < -0.4 is 0 Å². The van der Waals surface area contributed by atoms with E-state index in [-0.39, 0.29) is 5.56 Å². The zero-order valence-electron chi connectivity index (χ0n) is 6.58. The molecule has 0 bridgehead atoms. The lowest BCUT2D eigenvalue weighted by Crippen LogP contribution is -2.08. The number of hydrogen-bond acceptors (Lipinski definition) is 3. The Morgan fingerprint density at radius 2 is 2.00 bits per heavy atom. The highest BCUT2D eigenvalue weighted by atomic mass is 19.4. The van der Waals surface area contributed by atoms with Crippen LogP contribution in [0.1, 0.15) is 16.1 Å². The van der Waals surface area contributed by atoms with Gasteiger partial charge in [0.15, 0.2) is 0 Å². The highest BCUT2D eigenvalue weighted by Crippen LogP contribution is 2.27. The van der Waals surface area contributed by atoms with Crippen molar-refractivity contribution in [2.45, 2.75) is 6.18 Å². The molecule has 1 amide bonds. The molecular weight excluding hydrogens is 201 g/mol. The summed E-state index contributed by atoms with van der Waals surface area (Å²) in [5.41, 5.74) is -1.40. The maximum Gasteiger partial charge on any atom is 0.433 e. The molecule has 74 valence electrons. The molecule has 0 aromatic carbocycles. The fourth-order valence-corrected chi connectivity index (χ4v) is 0.741. The van der Waals surface area contributed by atoms with E-state index in [2.05, 4.69) is 4.98 Å². The highest BCUT2D eigenvalue weighted by Gasteiger charge is 2.32. The summed E-state index contributed by atoms with van der Waals surface area (Å²) in [7, 11) is 0. The predicted molar refractivity (Wildman–Crippen MR) is 39.4 cm³/mol. The molecule has 1 rings (SSSR count). The number of nitroso groups, excluding NO2 is 1.